The number of likely N-dealkylation sites (N-methyl/N-ethyl adjacent to an activating group) is 1. The summed E-state index contributed by atoms with van der Waals surface area (Å²) >= 11 is 6.92. The van der Waals surface area contributed by atoms with Gasteiger partial charge < -0.3 is 19.7 Å². The lowest BCUT2D eigenvalue weighted by atomic mass is 9.95. The molecule has 9 rings (SSSR count). The summed E-state index contributed by atoms with van der Waals surface area (Å²) in [6.45, 7) is 0.848. The minimum absolute atomic E-state index is 0.0442. The average Bonchev–Trinajstić information content (AvgIpc) is 3.83. The first-order valence-corrected chi connectivity index (χ1v) is 20.3. The number of hydrogen-bond acceptors (Lipinski definition) is 7. The third-order valence-electron chi connectivity index (χ3n) is 12.5. The fraction of sp³-hybridized carbons (Fsp3) is 0.488. The van der Waals surface area contributed by atoms with Crippen LogP contribution < -0.4 is 5.32 Å². The second-order valence-electron chi connectivity index (χ2n) is 17.3. The molecule has 13 nitrogen and oxygen atoms in total. The zero-order valence-corrected chi connectivity index (χ0v) is 33.7. The molecule has 1 N–H and O–H groups in total. The second kappa shape index (κ2) is 14.4. The first kappa shape index (κ1) is 40.0. The Morgan fingerprint density at radius 2 is 1.80 bits per heavy atom. The van der Waals surface area contributed by atoms with Crippen molar-refractivity contribution in [2.24, 2.45) is 5.41 Å². The molecular weight excluding hydrogens is 811 g/mol. The van der Waals surface area contributed by atoms with Gasteiger partial charge in [0.05, 0.1) is 17.3 Å². The van der Waals surface area contributed by atoms with Crippen molar-refractivity contribution in [2.45, 2.75) is 101 Å². The largest absolute Gasteiger partial charge is 0.434 e. The average molecular weight is 853 g/mol. The summed E-state index contributed by atoms with van der Waals surface area (Å²) in [5, 5.41) is 7.11. The first-order valence-electron chi connectivity index (χ1n) is 19.9. The van der Waals surface area contributed by atoms with E-state index in [0.717, 1.165) is 47.6 Å². The number of aromatic nitrogens is 7. The molecule has 6 heterocycles. The summed E-state index contributed by atoms with van der Waals surface area (Å²) in [6.07, 6.45) is 7.22. The van der Waals surface area contributed by atoms with E-state index in [2.05, 4.69) is 25.4 Å². The molecule has 2 aliphatic heterocycles. The van der Waals surface area contributed by atoms with Gasteiger partial charge >= 0.3 is 12.7 Å². The van der Waals surface area contributed by atoms with E-state index in [0.29, 0.717) is 40.8 Å². The van der Waals surface area contributed by atoms with Gasteiger partial charge in [0.1, 0.15) is 17.9 Å². The number of amides is 3. The Morgan fingerprint density at radius 3 is 2.47 bits per heavy atom. The molecule has 2 saturated carbocycles. The first-order chi connectivity index (χ1) is 28.4. The molecule has 2 saturated heterocycles. The third-order valence-corrected chi connectivity index (χ3v) is 12.8. The fourth-order valence-corrected chi connectivity index (χ4v) is 9.31. The van der Waals surface area contributed by atoms with Gasteiger partial charge in [0.2, 0.25) is 23.5 Å². The number of halogens is 6. The lowest BCUT2D eigenvalue weighted by Crippen LogP contribution is -2.55. The molecule has 2 aliphatic carbocycles. The third kappa shape index (κ3) is 7.29. The predicted octanol–water partition coefficient (Wildman–Crippen LogP) is 6.59. The van der Waals surface area contributed by atoms with Crippen LogP contribution in [0.2, 0.25) is 5.02 Å². The van der Waals surface area contributed by atoms with E-state index in [1.54, 1.807) is 27.1 Å². The smallest absolute Gasteiger partial charge is 0.349 e. The number of nitrogens with zero attached hydrogens (tertiary/aromatic N) is 9. The van der Waals surface area contributed by atoms with Gasteiger partial charge in [0.25, 0.3) is 0 Å². The molecular formula is C41H42ClF5N10O3. The second-order valence-corrected chi connectivity index (χ2v) is 17.7. The molecule has 60 heavy (non-hydrogen) atoms. The Morgan fingerprint density at radius 1 is 1.02 bits per heavy atom. The maximum absolute atomic E-state index is 14.5. The van der Waals surface area contributed by atoms with E-state index in [-0.39, 0.29) is 54.9 Å². The minimum Gasteiger partial charge on any atom is -0.349 e. The number of imidazole rings is 2. The van der Waals surface area contributed by atoms with Gasteiger partial charge in [-0.3, -0.25) is 18.8 Å². The minimum atomic E-state index is -4.78. The van der Waals surface area contributed by atoms with Gasteiger partial charge in [-0.05, 0) is 68.7 Å². The van der Waals surface area contributed by atoms with Crippen LogP contribution >= 0.6 is 11.6 Å². The van der Waals surface area contributed by atoms with Crippen molar-refractivity contribution < 1.29 is 36.3 Å². The van der Waals surface area contributed by atoms with Crippen molar-refractivity contribution in [2.75, 3.05) is 20.1 Å². The Labute approximate surface area is 345 Å². The zero-order chi connectivity index (χ0) is 42.5. The van der Waals surface area contributed by atoms with Crippen LogP contribution in [0.4, 0.5) is 22.0 Å². The number of nitrogens with one attached hydrogen (secondary N) is 1. The van der Waals surface area contributed by atoms with Gasteiger partial charge in [-0.15, -0.1) is 0 Å². The van der Waals surface area contributed by atoms with E-state index < -0.39 is 47.4 Å². The van der Waals surface area contributed by atoms with Crippen LogP contribution in [0, 0.1) is 5.41 Å². The summed E-state index contributed by atoms with van der Waals surface area (Å²) in [6, 6.07) is 3.64. The topological polar surface area (TPSA) is 136 Å². The number of alkyl halides is 5. The number of likely N-dealkylation sites (tertiary alicyclic amines) is 2. The quantitative estimate of drug-likeness (QED) is 0.140. The molecule has 1 unspecified atom stereocenters. The van der Waals surface area contributed by atoms with Crippen LogP contribution in [0.3, 0.4) is 0 Å². The molecule has 0 bridgehead atoms. The van der Waals surface area contributed by atoms with Gasteiger partial charge in [0.15, 0.2) is 5.69 Å². The Bertz CT molecular complexity index is 2530. The Balaban J connectivity index is 0.948. The van der Waals surface area contributed by atoms with Crippen LogP contribution in [-0.2, 0) is 33.4 Å². The molecule has 19 heteroatoms. The van der Waals surface area contributed by atoms with Crippen molar-refractivity contribution in [3.8, 4) is 11.1 Å². The van der Waals surface area contributed by atoms with Gasteiger partial charge in [-0.1, -0.05) is 23.7 Å². The van der Waals surface area contributed by atoms with Gasteiger partial charge in [-0.2, -0.15) is 27.1 Å². The molecule has 316 valence electrons. The Kier molecular flexibility index (Phi) is 9.59. The van der Waals surface area contributed by atoms with Crippen LogP contribution in [0.15, 0.2) is 55.4 Å². The number of fused-ring (bicyclic) bond motifs is 1. The van der Waals surface area contributed by atoms with Crippen LogP contribution in [0.5, 0.6) is 0 Å². The van der Waals surface area contributed by atoms with Crippen LogP contribution in [0.1, 0.15) is 98.7 Å². The highest BCUT2D eigenvalue weighted by atomic mass is 35.5. The molecule has 3 amide bonds. The normalized spacial score (nSPS) is 22.6. The number of carbonyl (C=O) groups is 3. The molecule has 4 atom stereocenters. The van der Waals surface area contributed by atoms with Crippen molar-refractivity contribution in [3.63, 3.8) is 0 Å². The maximum atomic E-state index is 14.5. The summed E-state index contributed by atoms with van der Waals surface area (Å²) < 4.78 is 72.4. The summed E-state index contributed by atoms with van der Waals surface area (Å²) in [7, 11) is 1.57. The summed E-state index contributed by atoms with van der Waals surface area (Å²) in [5.41, 5.74) is 0.579. The highest BCUT2D eigenvalue weighted by Crippen LogP contribution is 2.66. The van der Waals surface area contributed by atoms with Gasteiger partial charge in [-0.25, -0.2) is 19.6 Å². The van der Waals surface area contributed by atoms with Crippen LogP contribution in [-0.4, -0.2) is 92.9 Å². The van der Waals surface area contributed by atoms with E-state index in [1.165, 1.54) is 20.6 Å². The molecule has 0 radical (unpaired) electrons. The highest BCUT2D eigenvalue weighted by molar-refractivity contribution is 6.31. The van der Waals surface area contributed by atoms with Crippen molar-refractivity contribution in [1.82, 2.24) is 48.8 Å². The molecule has 1 spiro atoms. The highest BCUT2D eigenvalue weighted by Gasteiger charge is 2.65. The van der Waals surface area contributed by atoms with Crippen molar-refractivity contribution in [1.29, 1.82) is 0 Å². The molecule has 1 aromatic carbocycles. The monoisotopic (exact) mass is 852 g/mol. The van der Waals surface area contributed by atoms with Crippen molar-refractivity contribution in [3.05, 3.63) is 88.7 Å². The Hall–Kier alpha value is -5.39. The van der Waals surface area contributed by atoms with E-state index >= 15 is 0 Å². The van der Waals surface area contributed by atoms with Gasteiger partial charge in [0, 0.05) is 91.9 Å². The van der Waals surface area contributed by atoms with E-state index in [1.807, 2.05) is 35.0 Å². The van der Waals surface area contributed by atoms with Crippen LogP contribution in [0.25, 0.3) is 16.9 Å². The molecule has 4 aromatic heterocycles. The predicted molar refractivity (Wildman–Crippen MR) is 207 cm³/mol. The standard InChI is InChI=1S/C41H42ClF5N10O3/c1-39(2,15-33-51-32(41(45,46)47)21-56(33)30-8-10-53(3)35(30)59)52-34(58)31(12-22-16-49-57(18-22)37(43)44)55-11-9-40(36(55)60)14-27(40)26-7-6-24(13-28(26)42)25-17-48-38-50-29(23-4-5-23)20-54(38)19-25/h6-7,13,16-21,23,27,30-31,37H,4-5,8-12,14-15H2,1-3H3,(H,52,58)/t27-,30?,31-,40+/m1/s1. The van der Waals surface area contributed by atoms with E-state index in [4.69, 9.17) is 11.6 Å². The summed E-state index contributed by atoms with van der Waals surface area (Å²) in [4.78, 5) is 57.7. The molecule has 4 aliphatic rings. The summed E-state index contributed by atoms with van der Waals surface area (Å²) in [5.74, 6) is -0.413. The number of rotatable bonds is 12. The fourth-order valence-electron chi connectivity index (χ4n) is 9.00. The SMILES string of the molecule is CN1CCC(n2cc(C(F)(F)F)nc2CC(C)(C)NC(=O)[C@@H](Cc2cnn(C(F)F)c2)N2CC[C@@]3(C[C@@H]3c3ccc(-c4cnc5nc(C6CC6)cn5c4)cc3Cl)C2=O)C1=O. The maximum Gasteiger partial charge on any atom is 0.434 e. The lowest BCUT2D eigenvalue weighted by molar-refractivity contribution is -0.141. The number of hydrogen-bond donors (Lipinski definition) is 1. The van der Waals surface area contributed by atoms with E-state index in [9.17, 15) is 36.3 Å². The lowest BCUT2D eigenvalue weighted by Gasteiger charge is -2.33. The molecule has 4 fully saturated rings. The number of benzene rings is 1. The van der Waals surface area contributed by atoms with Crippen molar-refractivity contribution >= 4 is 35.1 Å². The number of carbonyl (C=O) groups excluding carboxylic acids is 3. The zero-order valence-electron chi connectivity index (χ0n) is 33.0. The molecule has 5 aromatic rings.